The van der Waals surface area contributed by atoms with Gasteiger partial charge in [0.25, 0.3) is 5.91 Å². The smallest absolute Gasteiger partial charge is 0.310 e. The first kappa shape index (κ1) is 21.2. The number of amides is 1. The molecule has 0 unspecified atom stereocenters. The number of esters is 1. The standard InChI is InChI=1S/C25H24N4O3/c1-3-17-8-7-10-18(14-17)22-16-20(24-26-12-13-29(24)28-22)25(31)27-21-11-6-5-9-19(21)15-23(30)32-4-2/h5-14,16H,3-4,15H2,1-2H3,(H,27,31). The van der Waals surface area contributed by atoms with Crippen molar-refractivity contribution < 1.29 is 14.3 Å². The zero-order valence-corrected chi connectivity index (χ0v) is 18.0. The van der Waals surface area contributed by atoms with E-state index in [1.54, 1.807) is 42.0 Å². The molecule has 0 aliphatic heterocycles. The molecule has 4 aromatic rings. The lowest BCUT2D eigenvalue weighted by Gasteiger charge is -2.12. The van der Waals surface area contributed by atoms with Gasteiger partial charge in [-0.2, -0.15) is 5.10 Å². The van der Waals surface area contributed by atoms with E-state index in [2.05, 4.69) is 34.5 Å². The number of fused-ring (bicyclic) bond motifs is 1. The van der Waals surface area contributed by atoms with Crippen LogP contribution in [-0.2, 0) is 22.4 Å². The molecule has 2 aromatic heterocycles. The summed E-state index contributed by atoms with van der Waals surface area (Å²) in [4.78, 5) is 29.6. The fourth-order valence-electron chi connectivity index (χ4n) is 3.53. The number of ether oxygens (including phenoxy) is 1. The van der Waals surface area contributed by atoms with Gasteiger partial charge in [-0.25, -0.2) is 9.50 Å². The summed E-state index contributed by atoms with van der Waals surface area (Å²) >= 11 is 0. The summed E-state index contributed by atoms with van der Waals surface area (Å²) in [5.74, 6) is -0.667. The number of aromatic nitrogens is 3. The lowest BCUT2D eigenvalue weighted by molar-refractivity contribution is -0.142. The summed E-state index contributed by atoms with van der Waals surface area (Å²) < 4.78 is 6.65. The van der Waals surface area contributed by atoms with Crippen molar-refractivity contribution >= 4 is 23.2 Å². The first-order chi connectivity index (χ1) is 15.6. The Labute approximate surface area is 186 Å². The third-order valence-electron chi connectivity index (χ3n) is 5.14. The van der Waals surface area contributed by atoms with Gasteiger partial charge in [0.2, 0.25) is 0 Å². The molecule has 0 atom stereocenters. The van der Waals surface area contributed by atoms with Gasteiger partial charge >= 0.3 is 5.97 Å². The van der Waals surface area contributed by atoms with Crippen LogP contribution in [0.4, 0.5) is 5.69 Å². The van der Waals surface area contributed by atoms with Gasteiger partial charge in [-0.05, 0) is 42.7 Å². The molecule has 0 saturated carbocycles. The van der Waals surface area contributed by atoms with E-state index in [1.807, 2.05) is 24.3 Å². The Bertz CT molecular complexity index is 1280. The van der Waals surface area contributed by atoms with Crippen LogP contribution in [0.15, 0.2) is 67.0 Å². The second kappa shape index (κ2) is 9.43. The van der Waals surface area contributed by atoms with Crippen LogP contribution in [0.3, 0.4) is 0 Å². The van der Waals surface area contributed by atoms with Crippen LogP contribution in [0.25, 0.3) is 16.9 Å². The average Bonchev–Trinajstić information content (AvgIpc) is 3.28. The predicted molar refractivity (Wildman–Crippen MR) is 123 cm³/mol. The number of hydrogen-bond donors (Lipinski definition) is 1. The largest absolute Gasteiger partial charge is 0.466 e. The highest BCUT2D eigenvalue weighted by atomic mass is 16.5. The maximum Gasteiger partial charge on any atom is 0.310 e. The summed E-state index contributed by atoms with van der Waals surface area (Å²) in [6, 6.07) is 17.0. The maximum absolute atomic E-state index is 13.3. The van der Waals surface area contributed by atoms with Gasteiger partial charge in [0.05, 0.1) is 24.3 Å². The van der Waals surface area contributed by atoms with Crippen molar-refractivity contribution in [2.24, 2.45) is 0 Å². The predicted octanol–water partition coefficient (Wildman–Crippen LogP) is 4.32. The SMILES string of the molecule is CCOC(=O)Cc1ccccc1NC(=O)c1cc(-c2cccc(CC)c2)nn2ccnc12. The molecule has 0 bridgehead atoms. The third-order valence-corrected chi connectivity index (χ3v) is 5.14. The van der Waals surface area contributed by atoms with Gasteiger partial charge < -0.3 is 10.1 Å². The van der Waals surface area contributed by atoms with Crippen molar-refractivity contribution in [1.82, 2.24) is 14.6 Å². The number of carbonyl (C=O) groups excluding carboxylic acids is 2. The maximum atomic E-state index is 13.3. The van der Waals surface area contributed by atoms with E-state index in [0.717, 1.165) is 12.0 Å². The van der Waals surface area contributed by atoms with E-state index in [-0.39, 0.29) is 18.3 Å². The number of para-hydroxylation sites is 1. The number of aryl methyl sites for hydroxylation is 1. The van der Waals surface area contributed by atoms with Crippen LogP contribution in [-0.4, -0.2) is 33.1 Å². The Morgan fingerprint density at radius 3 is 2.72 bits per heavy atom. The third kappa shape index (κ3) is 4.51. The summed E-state index contributed by atoms with van der Waals surface area (Å²) in [6.45, 7) is 4.17. The average molecular weight is 428 g/mol. The van der Waals surface area contributed by atoms with Crippen molar-refractivity contribution in [2.75, 3.05) is 11.9 Å². The number of benzene rings is 2. The molecule has 32 heavy (non-hydrogen) atoms. The van der Waals surface area contributed by atoms with Crippen molar-refractivity contribution in [3.8, 4) is 11.3 Å². The van der Waals surface area contributed by atoms with Crippen LogP contribution in [0, 0.1) is 0 Å². The highest BCUT2D eigenvalue weighted by Gasteiger charge is 2.18. The Morgan fingerprint density at radius 1 is 1.06 bits per heavy atom. The van der Waals surface area contributed by atoms with E-state index >= 15 is 0 Å². The number of nitrogens with one attached hydrogen (secondary N) is 1. The van der Waals surface area contributed by atoms with Crippen LogP contribution >= 0.6 is 0 Å². The van der Waals surface area contributed by atoms with E-state index in [0.29, 0.717) is 34.8 Å². The van der Waals surface area contributed by atoms with Crippen LogP contribution in [0.5, 0.6) is 0 Å². The number of nitrogens with zero attached hydrogens (tertiary/aromatic N) is 3. The summed E-state index contributed by atoms with van der Waals surface area (Å²) in [7, 11) is 0. The van der Waals surface area contributed by atoms with E-state index in [4.69, 9.17) is 4.74 Å². The Hall–Kier alpha value is -4.00. The molecular weight excluding hydrogens is 404 g/mol. The number of anilines is 1. The Balaban J connectivity index is 1.69. The molecule has 0 fully saturated rings. The molecule has 162 valence electrons. The van der Waals surface area contributed by atoms with Crippen molar-refractivity contribution in [2.45, 2.75) is 26.7 Å². The lowest BCUT2D eigenvalue weighted by atomic mass is 10.0. The van der Waals surface area contributed by atoms with Crippen LogP contribution in [0.2, 0.25) is 0 Å². The topological polar surface area (TPSA) is 85.6 Å². The van der Waals surface area contributed by atoms with Gasteiger partial charge in [0.15, 0.2) is 5.65 Å². The van der Waals surface area contributed by atoms with Crippen LogP contribution in [0.1, 0.15) is 35.3 Å². The monoisotopic (exact) mass is 428 g/mol. The second-order valence-corrected chi connectivity index (χ2v) is 7.29. The number of carbonyl (C=O) groups is 2. The van der Waals surface area contributed by atoms with E-state index in [9.17, 15) is 9.59 Å². The van der Waals surface area contributed by atoms with Gasteiger partial charge in [-0.15, -0.1) is 0 Å². The van der Waals surface area contributed by atoms with Crippen molar-refractivity contribution in [3.63, 3.8) is 0 Å². The number of hydrogen-bond acceptors (Lipinski definition) is 5. The molecule has 0 saturated heterocycles. The number of rotatable bonds is 7. The number of imidazole rings is 1. The van der Waals surface area contributed by atoms with Gasteiger partial charge in [0, 0.05) is 23.6 Å². The van der Waals surface area contributed by atoms with Crippen LogP contribution < -0.4 is 5.32 Å². The van der Waals surface area contributed by atoms with Gasteiger partial charge in [-0.1, -0.05) is 43.3 Å². The highest BCUT2D eigenvalue weighted by Crippen LogP contribution is 2.23. The normalized spacial score (nSPS) is 10.8. The molecule has 7 heteroatoms. The van der Waals surface area contributed by atoms with E-state index in [1.165, 1.54) is 5.56 Å². The molecule has 1 N–H and O–H groups in total. The second-order valence-electron chi connectivity index (χ2n) is 7.29. The molecule has 2 heterocycles. The zero-order valence-electron chi connectivity index (χ0n) is 18.0. The first-order valence-electron chi connectivity index (χ1n) is 10.6. The molecule has 0 spiro atoms. The van der Waals surface area contributed by atoms with Gasteiger partial charge in [0.1, 0.15) is 0 Å². The molecule has 1 amide bonds. The first-order valence-corrected chi connectivity index (χ1v) is 10.6. The minimum Gasteiger partial charge on any atom is -0.466 e. The highest BCUT2D eigenvalue weighted by molar-refractivity contribution is 6.09. The van der Waals surface area contributed by atoms with Gasteiger partial charge in [-0.3, -0.25) is 9.59 Å². The van der Waals surface area contributed by atoms with E-state index < -0.39 is 0 Å². The summed E-state index contributed by atoms with van der Waals surface area (Å²) in [6.07, 6.45) is 4.31. The molecule has 2 aromatic carbocycles. The zero-order chi connectivity index (χ0) is 22.5. The minimum absolute atomic E-state index is 0.0779. The van der Waals surface area contributed by atoms with Crippen molar-refractivity contribution in [3.05, 3.63) is 83.7 Å². The molecule has 0 radical (unpaired) electrons. The summed E-state index contributed by atoms with van der Waals surface area (Å²) in [5.41, 5.74) is 4.89. The Morgan fingerprint density at radius 2 is 1.91 bits per heavy atom. The molecule has 0 aliphatic carbocycles. The fraction of sp³-hybridized carbons (Fsp3) is 0.200. The molecule has 4 rings (SSSR count). The lowest BCUT2D eigenvalue weighted by Crippen LogP contribution is -2.17. The van der Waals surface area contributed by atoms with Crippen molar-refractivity contribution in [1.29, 1.82) is 0 Å². The minimum atomic E-state index is -0.341. The molecule has 0 aliphatic rings. The fourth-order valence-corrected chi connectivity index (χ4v) is 3.53. The summed E-state index contributed by atoms with van der Waals surface area (Å²) in [5, 5.41) is 7.55. The Kier molecular flexibility index (Phi) is 6.26. The quantitative estimate of drug-likeness (QED) is 0.443. The molecule has 7 nitrogen and oxygen atoms in total. The molecular formula is C25H24N4O3.